The van der Waals surface area contributed by atoms with Crippen molar-refractivity contribution >= 4 is 17.1 Å². The first-order valence-corrected chi connectivity index (χ1v) is 11.4. The molecule has 1 saturated heterocycles. The lowest BCUT2D eigenvalue weighted by Gasteiger charge is -2.36. The number of fused-ring (bicyclic) bond motifs is 1. The van der Waals surface area contributed by atoms with Crippen molar-refractivity contribution < 1.29 is 4.74 Å². The van der Waals surface area contributed by atoms with Crippen molar-refractivity contribution in [3.05, 3.63) is 41.6 Å². The van der Waals surface area contributed by atoms with Crippen molar-refractivity contribution in [2.75, 3.05) is 18.0 Å². The molecule has 0 amide bonds. The summed E-state index contributed by atoms with van der Waals surface area (Å²) in [5.74, 6) is 0.631. The average Bonchev–Trinajstić information content (AvgIpc) is 3.36. The zero-order chi connectivity index (χ0) is 22.7. The minimum atomic E-state index is -0.0912. The molecule has 0 unspecified atom stereocenters. The molecule has 1 saturated carbocycles. The second kappa shape index (κ2) is 7.58. The summed E-state index contributed by atoms with van der Waals surface area (Å²) in [6.45, 7) is 7.34. The Bertz CT molecular complexity index is 1340. The molecular weight excluding hydrogens is 418 g/mol. The van der Waals surface area contributed by atoms with Crippen LogP contribution in [-0.4, -0.2) is 58.7 Å². The molecule has 0 bridgehead atoms. The van der Waals surface area contributed by atoms with Gasteiger partial charge in [-0.05, 0) is 39.7 Å². The van der Waals surface area contributed by atoms with Crippen molar-refractivity contribution in [2.24, 2.45) is 7.05 Å². The van der Waals surface area contributed by atoms with Gasteiger partial charge < -0.3 is 9.64 Å². The molecule has 0 radical (unpaired) electrons. The number of rotatable bonds is 4. The lowest BCUT2D eigenvalue weighted by atomic mass is 10.1. The molecule has 0 N–H and O–H groups in total. The van der Waals surface area contributed by atoms with Gasteiger partial charge in [-0.15, -0.1) is 0 Å². The molecule has 33 heavy (non-hydrogen) atoms. The highest BCUT2D eigenvalue weighted by atomic mass is 16.5. The molecule has 170 valence electrons. The van der Waals surface area contributed by atoms with Crippen LogP contribution in [0, 0.1) is 13.8 Å². The van der Waals surface area contributed by atoms with E-state index in [0.29, 0.717) is 36.2 Å². The fourth-order valence-corrected chi connectivity index (χ4v) is 4.38. The first-order valence-electron chi connectivity index (χ1n) is 11.4. The Morgan fingerprint density at radius 1 is 1.00 bits per heavy atom. The van der Waals surface area contributed by atoms with E-state index in [1.807, 2.05) is 33.2 Å². The number of morpholine rings is 1. The smallest absolute Gasteiger partial charge is 0.228 e. The number of hydrogen-bond donors (Lipinski definition) is 0. The summed E-state index contributed by atoms with van der Waals surface area (Å²) >= 11 is 0. The Labute approximate surface area is 191 Å². The van der Waals surface area contributed by atoms with E-state index in [0.717, 1.165) is 28.3 Å². The van der Waals surface area contributed by atoms with Crippen LogP contribution < -0.4 is 4.90 Å². The monoisotopic (exact) mass is 445 g/mol. The van der Waals surface area contributed by atoms with E-state index in [4.69, 9.17) is 24.7 Å². The predicted octanol–water partition coefficient (Wildman–Crippen LogP) is 2.93. The van der Waals surface area contributed by atoms with Crippen LogP contribution in [0.15, 0.2) is 24.7 Å². The van der Waals surface area contributed by atoms with E-state index >= 15 is 0 Å². The topological polar surface area (TPSA) is 99.7 Å². The van der Waals surface area contributed by atoms with Crippen LogP contribution in [0.1, 0.15) is 48.9 Å². The Kier molecular flexibility index (Phi) is 4.65. The van der Waals surface area contributed by atoms with Gasteiger partial charge in [-0.2, -0.15) is 15.2 Å². The van der Waals surface area contributed by atoms with Gasteiger partial charge in [0.25, 0.3) is 0 Å². The molecule has 0 aromatic carbocycles. The van der Waals surface area contributed by atoms with Crippen LogP contribution in [0.25, 0.3) is 22.6 Å². The summed E-state index contributed by atoms with van der Waals surface area (Å²) in [7, 11) is 1.90. The Balaban J connectivity index is 1.41. The van der Waals surface area contributed by atoms with E-state index in [9.17, 15) is 0 Å². The van der Waals surface area contributed by atoms with Crippen molar-refractivity contribution in [3.63, 3.8) is 0 Å². The van der Waals surface area contributed by atoms with Gasteiger partial charge in [0.05, 0.1) is 42.0 Å². The molecular formula is C23H27N9O. The quantitative estimate of drug-likeness (QED) is 0.473. The van der Waals surface area contributed by atoms with Crippen LogP contribution in [0.3, 0.4) is 0 Å². The minimum Gasteiger partial charge on any atom is -0.367 e. The molecule has 5 heterocycles. The molecule has 2 aliphatic rings. The second-order valence-corrected chi connectivity index (χ2v) is 9.10. The first kappa shape index (κ1) is 20.2. The summed E-state index contributed by atoms with van der Waals surface area (Å²) in [4.78, 5) is 21.5. The third kappa shape index (κ3) is 3.64. The largest absolute Gasteiger partial charge is 0.367 e. The third-order valence-electron chi connectivity index (χ3n) is 6.45. The number of nitrogens with zero attached hydrogens (tertiary/aromatic N) is 9. The number of aromatic nitrogens is 8. The molecule has 6 rings (SSSR count). The zero-order valence-corrected chi connectivity index (χ0v) is 19.3. The molecule has 1 aliphatic carbocycles. The molecule has 4 aromatic rings. The summed E-state index contributed by atoms with van der Waals surface area (Å²) in [6, 6.07) is 2.49. The number of aryl methyl sites for hydroxylation is 3. The van der Waals surface area contributed by atoms with Crippen molar-refractivity contribution in [1.29, 1.82) is 0 Å². The summed E-state index contributed by atoms with van der Waals surface area (Å²) in [5.41, 5.74) is 5.73. The van der Waals surface area contributed by atoms with Crippen molar-refractivity contribution in [1.82, 2.24) is 39.5 Å². The Hall–Kier alpha value is -3.40. The second-order valence-electron chi connectivity index (χ2n) is 9.10. The van der Waals surface area contributed by atoms with Gasteiger partial charge >= 0.3 is 0 Å². The minimum absolute atomic E-state index is 0.0262. The normalized spacial score (nSPS) is 21.2. The fraction of sp³-hybridized carbons (Fsp3) is 0.478. The van der Waals surface area contributed by atoms with Crippen LogP contribution >= 0.6 is 0 Å². The molecule has 10 heteroatoms. The van der Waals surface area contributed by atoms with E-state index in [2.05, 4.69) is 32.9 Å². The summed E-state index contributed by atoms with van der Waals surface area (Å²) in [5, 5.41) is 8.88. The van der Waals surface area contributed by atoms with E-state index in [-0.39, 0.29) is 12.2 Å². The van der Waals surface area contributed by atoms with Crippen molar-refractivity contribution in [3.8, 4) is 11.4 Å². The van der Waals surface area contributed by atoms with Gasteiger partial charge in [0.15, 0.2) is 5.65 Å². The highest BCUT2D eigenvalue weighted by Crippen LogP contribution is 2.36. The molecule has 10 nitrogen and oxygen atoms in total. The highest BCUT2D eigenvalue weighted by molar-refractivity contribution is 5.87. The highest BCUT2D eigenvalue weighted by Gasteiger charge is 2.31. The fourth-order valence-electron chi connectivity index (χ4n) is 4.38. The zero-order valence-electron chi connectivity index (χ0n) is 19.3. The standard InChI is InChI=1S/C23H27N9O/c1-13-10-31(12-19(33-13)16-9-25-32(11-16)17-5-6-17)23-28-20(18-7-8-24-30(18)4)21-22(29-23)27-15(3)14(2)26-21/h7-9,11,13,17,19H,5-6,10,12H2,1-4H3/t13-,19-/m1/s1. The van der Waals surface area contributed by atoms with Crippen molar-refractivity contribution in [2.45, 2.75) is 51.9 Å². The number of ether oxygens (including phenoxy) is 1. The van der Waals surface area contributed by atoms with Gasteiger partial charge in [0, 0.05) is 31.5 Å². The van der Waals surface area contributed by atoms with Crippen LogP contribution in [0.4, 0.5) is 5.95 Å². The van der Waals surface area contributed by atoms with Gasteiger partial charge in [-0.3, -0.25) is 9.36 Å². The Morgan fingerprint density at radius 2 is 1.82 bits per heavy atom. The lowest BCUT2D eigenvalue weighted by molar-refractivity contribution is -0.0178. The van der Waals surface area contributed by atoms with Crippen LogP contribution in [-0.2, 0) is 11.8 Å². The van der Waals surface area contributed by atoms with E-state index < -0.39 is 0 Å². The summed E-state index contributed by atoms with van der Waals surface area (Å²) in [6.07, 6.45) is 8.16. The molecule has 1 aliphatic heterocycles. The predicted molar refractivity (Wildman–Crippen MR) is 123 cm³/mol. The average molecular weight is 446 g/mol. The van der Waals surface area contributed by atoms with Crippen LogP contribution in [0.2, 0.25) is 0 Å². The molecule has 2 fully saturated rings. The first-order chi connectivity index (χ1) is 16.0. The Morgan fingerprint density at radius 3 is 2.58 bits per heavy atom. The van der Waals surface area contributed by atoms with Gasteiger partial charge in [0.2, 0.25) is 5.95 Å². The van der Waals surface area contributed by atoms with E-state index in [1.165, 1.54) is 12.8 Å². The molecule has 2 atom stereocenters. The maximum absolute atomic E-state index is 6.29. The molecule has 4 aromatic heterocycles. The summed E-state index contributed by atoms with van der Waals surface area (Å²) < 4.78 is 10.2. The SMILES string of the molecule is Cc1nc2nc(N3C[C@@H](C)O[C@@H](c4cnn(C5CC5)c4)C3)nc(-c3ccnn3C)c2nc1C. The number of hydrogen-bond acceptors (Lipinski definition) is 8. The maximum Gasteiger partial charge on any atom is 0.228 e. The van der Waals surface area contributed by atoms with Gasteiger partial charge in [0.1, 0.15) is 17.3 Å². The maximum atomic E-state index is 6.29. The van der Waals surface area contributed by atoms with Crippen LogP contribution in [0.5, 0.6) is 0 Å². The van der Waals surface area contributed by atoms with E-state index in [1.54, 1.807) is 10.9 Å². The van der Waals surface area contributed by atoms with Gasteiger partial charge in [-0.25, -0.2) is 15.0 Å². The van der Waals surface area contributed by atoms with Gasteiger partial charge in [-0.1, -0.05) is 0 Å². The molecule has 0 spiro atoms. The lowest BCUT2D eigenvalue weighted by Crippen LogP contribution is -2.43. The third-order valence-corrected chi connectivity index (χ3v) is 6.45. The number of anilines is 1.